The van der Waals surface area contributed by atoms with E-state index in [1.54, 1.807) is 36.2 Å². The molecule has 1 unspecified atom stereocenters. The van der Waals surface area contributed by atoms with Crippen LogP contribution in [0.2, 0.25) is 15.1 Å². The number of amides is 1. The summed E-state index contributed by atoms with van der Waals surface area (Å²) in [5.74, 6) is -0.00720. The number of hydrogen-bond donors (Lipinski definition) is 0. The second-order valence-corrected chi connectivity index (χ2v) is 8.13. The lowest BCUT2D eigenvalue weighted by molar-refractivity contribution is -0.133. The van der Waals surface area contributed by atoms with E-state index >= 15 is 0 Å². The van der Waals surface area contributed by atoms with Crippen LogP contribution in [0.4, 0.5) is 0 Å². The standard InChI is InChI=1S/C20H16Cl3N3O2/c1-25-7-6-13(8-18(25)27)26-20(28)15-10-17(23)16(22)9-14(15)19(24-26)11-2-4-12(21)5-3-11/h2-5,9-10,13H,6-8H2,1H3. The highest BCUT2D eigenvalue weighted by molar-refractivity contribution is 6.43. The highest BCUT2D eigenvalue weighted by atomic mass is 35.5. The van der Waals surface area contributed by atoms with E-state index in [0.29, 0.717) is 44.5 Å². The number of likely N-dealkylation sites (tertiary alicyclic amines) is 1. The molecule has 0 bridgehead atoms. The van der Waals surface area contributed by atoms with Crippen LogP contribution < -0.4 is 5.56 Å². The van der Waals surface area contributed by atoms with Crippen molar-refractivity contribution < 1.29 is 4.79 Å². The average Bonchev–Trinajstić information content (AvgIpc) is 2.67. The van der Waals surface area contributed by atoms with Gasteiger partial charge in [-0.2, -0.15) is 5.10 Å². The number of carbonyl (C=O) groups excluding carboxylic acids is 1. The van der Waals surface area contributed by atoms with Gasteiger partial charge in [0.15, 0.2) is 0 Å². The highest BCUT2D eigenvalue weighted by Crippen LogP contribution is 2.33. The maximum atomic E-state index is 13.2. The van der Waals surface area contributed by atoms with Gasteiger partial charge in [-0.15, -0.1) is 0 Å². The molecular formula is C20H16Cl3N3O2. The van der Waals surface area contributed by atoms with Crippen molar-refractivity contribution in [3.05, 3.63) is 61.8 Å². The lowest BCUT2D eigenvalue weighted by Crippen LogP contribution is -2.40. The van der Waals surface area contributed by atoms with E-state index in [2.05, 4.69) is 5.10 Å². The first-order chi connectivity index (χ1) is 13.3. The first-order valence-corrected chi connectivity index (χ1v) is 9.90. The Morgan fingerprint density at radius 1 is 1.00 bits per heavy atom. The van der Waals surface area contributed by atoms with Gasteiger partial charge in [0, 0.05) is 36.0 Å². The van der Waals surface area contributed by atoms with E-state index in [4.69, 9.17) is 34.8 Å². The van der Waals surface area contributed by atoms with Crippen LogP contribution in [0, 0.1) is 0 Å². The Bertz CT molecular complexity index is 1140. The van der Waals surface area contributed by atoms with Gasteiger partial charge in [-0.05, 0) is 30.7 Å². The number of fused-ring (bicyclic) bond motifs is 1. The SMILES string of the molecule is CN1CCC(n2nc(-c3ccc(Cl)cc3)c3cc(Cl)c(Cl)cc3c2=O)CC1=O. The zero-order valence-electron chi connectivity index (χ0n) is 15.0. The molecular weight excluding hydrogens is 421 g/mol. The molecule has 1 fully saturated rings. The first kappa shape index (κ1) is 19.2. The molecule has 1 aromatic heterocycles. The molecule has 1 aliphatic rings. The first-order valence-electron chi connectivity index (χ1n) is 8.76. The lowest BCUT2D eigenvalue weighted by atomic mass is 10.0. The van der Waals surface area contributed by atoms with Crippen LogP contribution in [0.5, 0.6) is 0 Å². The molecule has 0 radical (unpaired) electrons. The van der Waals surface area contributed by atoms with Gasteiger partial charge in [-0.1, -0.05) is 46.9 Å². The summed E-state index contributed by atoms with van der Waals surface area (Å²) in [5.41, 5.74) is 1.10. The third-order valence-corrected chi connectivity index (χ3v) is 6.03. The summed E-state index contributed by atoms with van der Waals surface area (Å²) < 4.78 is 1.42. The summed E-state index contributed by atoms with van der Waals surface area (Å²) in [6.45, 7) is 0.577. The number of hydrogen-bond acceptors (Lipinski definition) is 3. The Kier molecular flexibility index (Phi) is 5.08. The Morgan fingerprint density at radius 2 is 1.64 bits per heavy atom. The summed E-state index contributed by atoms with van der Waals surface area (Å²) >= 11 is 18.4. The van der Waals surface area contributed by atoms with Gasteiger partial charge >= 0.3 is 0 Å². The van der Waals surface area contributed by atoms with E-state index in [-0.39, 0.29) is 23.9 Å². The van der Waals surface area contributed by atoms with Crippen LogP contribution in [0.15, 0.2) is 41.2 Å². The molecule has 28 heavy (non-hydrogen) atoms. The predicted octanol–water partition coefficient (Wildman–Crippen LogP) is 4.82. The van der Waals surface area contributed by atoms with Gasteiger partial charge in [0.1, 0.15) is 0 Å². The van der Waals surface area contributed by atoms with E-state index in [1.165, 1.54) is 4.68 Å². The summed E-state index contributed by atoms with van der Waals surface area (Å²) in [5, 5.41) is 6.91. The van der Waals surface area contributed by atoms with Crippen LogP contribution in [-0.2, 0) is 4.79 Å². The van der Waals surface area contributed by atoms with Crippen molar-refractivity contribution in [1.29, 1.82) is 0 Å². The summed E-state index contributed by atoms with van der Waals surface area (Å²) in [7, 11) is 1.76. The monoisotopic (exact) mass is 435 g/mol. The van der Waals surface area contributed by atoms with E-state index in [1.807, 2.05) is 12.1 Å². The molecule has 0 aliphatic carbocycles. The Morgan fingerprint density at radius 3 is 2.29 bits per heavy atom. The largest absolute Gasteiger partial charge is 0.346 e. The molecule has 3 aromatic rings. The zero-order chi connectivity index (χ0) is 20.0. The minimum absolute atomic E-state index is 0.00720. The minimum atomic E-state index is -0.305. The van der Waals surface area contributed by atoms with Crippen molar-refractivity contribution in [3.8, 4) is 11.3 Å². The van der Waals surface area contributed by atoms with E-state index in [0.717, 1.165) is 5.56 Å². The topological polar surface area (TPSA) is 55.2 Å². The Balaban J connectivity index is 1.97. The van der Waals surface area contributed by atoms with Crippen LogP contribution >= 0.6 is 34.8 Å². The van der Waals surface area contributed by atoms with Gasteiger partial charge in [0.2, 0.25) is 5.91 Å². The van der Waals surface area contributed by atoms with Crippen molar-refractivity contribution >= 4 is 51.5 Å². The number of piperidine rings is 1. The maximum absolute atomic E-state index is 13.2. The van der Waals surface area contributed by atoms with Crippen molar-refractivity contribution in [2.75, 3.05) is 13.6 Å². The summed E-state index contributed by atoms with van der Waals surface area (Å²) in [6, 6.07) is 10.1. The molecule has 0 N–H and O–H groups in total. The van der Waals surface area contributed by atoms with E-state index in [9.17, 15) is 9.59 Å². The Hall–Kier alpha value is -2.08. The van der Waals surface area contributed by atoms with Crippen molar-refractivity contribution in [3.63, 3.8) is 0 Å². The highest BCUT2D eigenvalue weighted by Gasteiger charge is 2.27. The number of carbonyl (C=O) groups is 1. The lowest BCUT2D eigenvalue weighted by Gasteiger charge is -2.29. The normalized spacial score (nSPS) is 17.4. The summed E-state index contributed by atoms with van der Waals surface area (Å²) in [4.78, 5) is 27.0. The fourth-order valence-corrected chi connectivity index (χ4v) is 3.91. The van der Waals surface area contributed by atoms with Crippen molar-refractivity contribution in [2.45, 2.75) is 18.9 Å². The zero-order valence-corrected chi connectivity index (χ0v) is 17.2. The molecule has 1 aliphatic heterocycles. The van der Waals surface area contributed by atoms with Crippen LogP contribution in [0.25, 0.3) is 22.0 Å². The molecule has 144 valence electrons. The Labute approximate surface area is 176 Å². The number of aromatic nitrogens is 2. The second kappa shape index (κ2) is 7.39. The smallest absolute Gasteiger partial charge is 0.274 e. The molecule has 1 saturated heterocycles. The number of rotatable bonds is 2. The van der Waals surface area contributed by atoms with E-state index < -0.39 is 0 Å². The number of nitrogens with zero attached hydrogens (tertiary/aromatic N) is 3. The predicted molar refractivity (Wildman–Crippen MR) is 112 cm³/mol. The fraction of sp³-hybridized carbons (Fsp3) is 0.250. The third kappa shape index (κ3) is 3.39. The van der Waals surface area contributed by atoms with Crippen molar-refractivity contribution in [2.24, 2.45) is 0 Å². The molecule has 2 aromatic carbocycles. The fourth-order valence-electron chi connectivity index (χ4n) is 3.45. The second-order valence-electron chi connectivity index (χ2n) is 6.88. The van der Waals surface area contributed by atoms with Crippen molar-refractivity contribution in [1.82, 2.24) is 14.7 Å². The van der Waals surface area contributed by atoms with Gasteiger partial charge in [0.05, 0.1) is 27.2 Å². The quantitative estimate of drug-likeness (QED) is 0.579. The van der Waals surface area contributed by atoms with Crippen LogP contribution in [0.1, 0.15) is 18.9 Å². The molecule has 2 heterocycles. The molecule has 0 spiro atoms. The van der Waals surface area contributed by atoms with Gasteiger partial charge in [-0.3, -0.25) is 9.59 Å². The molecule has 5 nitrogen and oxygen atoms in total. The molecule has 1 amide bonds. The van der Waals surface area contributed by atoms with Crippen LogP contribution in [0.3, 0.4) is 0 Å². The number of benzene rings is 2. The number of halogens is 3. The average molecular weight is 437 g/mol. The maximum Gasteiger partial charge on any atom is 0.274 e. The summed E-state index contributed by atoms with van der Waals surface area (Å²) in [6.07, 6.45) is 0.887. The van der Waals surface area contributed by atoms with Gasteiger partial charge < -0.3 is 4.90 Å². The molecule has 1 atom stereocenters. The van der Waals surface area contributed by atoms with Gasteiger partial charge in [-0.25, -0.2) is 4.68 Å². The molecule has 0 saturated carbocycles. The molecule has 4 rings (SSSR count). The van der Waals surface area contributed by atoms with Gasteiger partial charge in [0.25, 0.3) is 5.56 Å². The minimum Gasteiger partial charge on any atom is -0.346 e. The third-order valence-electron chi connectivity index (χ3n) is 5.06. The van der Waals surface area contributed by atoms with Crippen LogP contribution in [-0.4, -0.2) is 34.2 Å². The molecule has 8 heteroatoms.